The van der Waals surface area contributed by atoms with Gasteiger partial charge in [0.05, 0.1) is 68.5 Å². The molecule has 4 fully saturated rings. The topological polar surface area (TPSA) is 86.7 Å². The highest BCUT2D eigenvalue weighted by Gasteiger charge is 2.35. The first-order chi connectivity index (χ1) is 39.1. The molecule has 2 heterocycles. The molecule has 13 heteroatoms. The van der Waals surface area contributed by atoms with Gasteiger partial charge >= 0.3 is 0 Å². The van der Waals surface area contributed by atoms with Crippen LogP contribution < -0.4 is 0 Å². The van der Waals surface area contributed by atoms with Gasteiger partial charge < -0.3 is 9.47 Å². The third-order valence-corrected chi connectivity index (χ3v) is 28.1. The van der Waals surface area contributed by atoms with E-state index in [4.69, 9.17) is 9.47 Å². The van der Waals surface area contributed by atoms with Gasteiger partial charge in [0, 0.05) is 21.8 Å². The van der Waals surface area contributed by atoms with Crippen LogP contribution >= 0.6 is 0 Å². The van der Waals surface area contributed by atoms with Gasteiger partial charge in [-0.2, -0.15) is 0 Å². The molecule has 0 amide bonds. The Labute approximate surface area is 487 Å². The summed E-state index contributed by atoms with van der Waals surface area (Å²) in [7, 11) is -6.17. The number of halogens is 1. The second-order valence-electron chi connectivity index (χ2n) is 19.9. The van der Waals surface area contributed by atoms with Gasteiger partial charge in [-0.05, 0) is 159 Å². The van der Waals surface area contributed by atoms with Crippen LogP contribution in [-0.2, 0) is 72.7 Å². The van der Waals surface area contributed by atoms with Crippen molar-refractivity contribution < 1.29 is 30.7 Å². The highest BCUT2D eigenvalue weighted by atomic mass is 32.2. The average Bonchev–Trinajstić information content (AvgIpc) is 4.13. The molecular weight excluding hydrogens is 1110 g/mol. The van der Waals surface area contributed by atoms with Gasteiger partial charge in [-0.25, -0.2) is 21.2 Å². The van der Waals surface area contributed by atoms with Crippen LogP contribution in [0.5, 0.6) is 0 Å². The highest BCUT2D eigenvalue weighted by molar-refractivity contribution is 7.98. The van der Waals surface area contributed by atoms with E-state index in [2.05, 4.69) is 127 Å². The lowest BCUT2D eigenvalue weighted by molar-refractivity contribution is 0.159. The first-order valence-electron chi connectivity index (χ1n) is 27.8. The number of benzene rings is 8. The summed E-state index contributed by atoms with van der Waals surface area (Å²) in [6, 6.07) is 74.5. The standard InChI is InChI=1S/C24H25O2S2.C23H23O2S2.C10H12FOS.C10H13OS/c25-28(26,23-14-8-3-9-15-23)24-18-16-22(17-19-24)27(20-10-4-1-5-11-20)21-12-6-2-7-13-21;24-27(25,22-13-7-8-14-22)23-17-15-21(16-18-23)26(19-9-3-1-4-10-19)20-11-5-2-6-12-20;11-9-1-3-10(4-2-9)13-7-5-12-6-8-13;1-2-4-10(5-3-1)12-8-6-11-7-9-12/h1-2,4-7,10-13,16-19,23H,3,8-9,14-15H2;1-6,9-12,15-18,22H,7-8,13-14H2;1-4H,5-8H2;1-5H,6-9H2/q4*+1. The van der Waals surface area contributed by atoms with E-state index in [0.717, 1.165) is 106 Å². The summed E-state index contributed by atoms with van der Waals surface area (Å²) in [6.45, 7) is 3.58. The lowest BCUT2D eigenvalue weighted by atomic mass is 10.0. The fraction of sp³-hybridized carbons (Fsp3) is 0.284. The average molecular weight is 1190 g/mol. The zero-order valence-electron chi connectivity index (χ0n) is 45.3. The molecule has 2 aliphatic heterocycles. The van der Waals surface area contributed by atoms with Crippen molar-refractivity contribution >= 4 is 63.3 Å². The van der Waals surface area contributed by atoms with Crippen LogP contribution in [0.15, 0.2) is 273 Å². The summed E-state index contributed by atoms with van der Waals surface area (Å²) in [6.07, 6.45) is 8.42. The first kappa shape index (κ1) is 59.5. The third-order valence-electron chi connectivity index (χ3n) is 14.5. The Bertz CT molecular complexity index is 3200. The van der Waals surface area contributed by atoms with E-state index < -0.39 is 19.7 Å². The van der Waals surface area contributed by atoms with Crippen LogP contribution in [0.3, 0.4) is 0 Å². The van der Waals surface area contributed by atoms with Gasteiger partial charge in [-0.3, -0.25) is 0 Å². The van der Waals surface area contributed by atoms with Crippen molar-refractivity contribution in [2.45, 2.75) is 117 Å². The molecule has 0 N–H and O–H groups in total. The van der Waals surface area contributed by atoms with Gasteiger partial charge in [-0.15, -0.1) is 0 Å². The summed E-state index contributed by atoms with van der Waals surface area (Å²) in [5.74, 6) is 4.45. The summed E-state index contributed by atoms with van der Waals surface area (Å²) in [5, 5.41) is -0.418. The molecule has 0 atom stereocenters. The number of rotatable bonds is 12. The fourth-order valence-electron chi connectivity index (χ4n) is 10.3. The number of sulfone groups is 2. The molecule has 0 spiro atoms. The van der Waals surface area contributed by atoms with Crippen LogP contribution in [0, 0.1) is 5.82 Å². The van der Waals surface area contributed by atoms with Crippen LogP contribution in [0.2, 0.25) is 0 Å². The second kappa shape index (κ2) is 30.3. The van der Waals surface area contributed by atoms with E-state index in [1.165, 1.54) is 53.0 Å². The fourth-order valence-corrected chi connectivity index (χ4v) is 21.9. The van der Waals surface area contributed by atoms with Gasteiger partial charge in [0.15, 0.2) is 58.8 Å². The molecule has 0 radical (unpaired) electrons. The predicted octanol–water partition coefficient (Wildman–Crippen LogP) is 14.9. The van der Waals surface area contributed by atoms with Crippen molar-refractivity contribution in [3.8, 4) is 0 Å². The Balaban J connectivity index is 0.000000137. The molecule has 6 nitrogen and oxygen atoms in total. The minimum Gasteiger partial charge on any atom is -0.372 e. The first-order valence-corrected chi connectivity index (χ1v) is 36.5. The lowest BCUT2D eigenvalue weighted by Gasteiger charge is -2.21. The zero-order chi connectivity index (χ0) is 55.4. The van der Waals surface area contributed by atoms with E-state index in [9.17, 15) is 21.2 Å². The van der Waals surface area contributed by atoms with E-state index in [1.807, 2.05) is 72.8 Å². The Morgan fingerprint density at radius 1 is 0.338 bits per heavy atom. The maximum atomic E-state index is 13.0. The number of hydrogen-bond donors (Lipinski definition) is 0. The van der Waals surface area contributed by atoms with Gasteiger partial charge in [-0.1, -0.05) is 123 Å². The monoisotopic (exact) mass is 1180 g/mol. The third kappa shape index (κ3) is 16.3. The molecule has 0 aromatic heterocycles. The summed E-state index contributed by atoms with van der Waals surface area (Å²) < 4.78 is 75.0. The van der Waals surface area contributed by atoms with Crippen LogP contribution in [-0.4, -0.2) is 76.8 Å². The molecular formula is C67H73FO6S6+4. The van der Waals surface area contributed by atoms with E-state index in [-0.39, 0.29) is 38.1 Å². The van der Waals surface area contributed by atoms with Crippen molar-refractivity contribution in [2.75, 3.05) is 49.4 Å². The maximum Gasteiger partial charge on any atom is 0.181 e. The van der Waals surface area contributed by atoms with Crippen LogP contribution in [0.4, 0.5) is 4.39 Å². The molecule has 2 saturated heterocycles. The number of ether oxygens (including phenoxy) is 2. The summed E-state index contributed by atoms with van der Waals surface area (Å²) >= 11 is 0. The molecule has 2 aliphatic carbocycles. The largest absolute Gasteiger partial charge is 0.372 e. The highest BCUT2D eigenvalue weighted by Crippen LogP contribution is 2.36. The normalized spacial score (nSPS) is 16.6. The molecule has 2 saturated carbocycles. The molecule has 80 heavy (non-hydrogen) atoms. The van der Waals surface area contributed by atoms with Gasteiger partial charge in [0.25, 0.3) is 0 Å². The molecule has 4 aliphatic rings. The summed E-state index contributed by atoms with van der Waals surface area (Å²) in [5.41, 5.74) is 0. The quantitative estimate of drug-likeness (QED) is 0.113. The van der Waals surface area contributed by atoms with Crippen molar-refractivity contribution in [1.29, 1.82) is 0 Å². The minimum absolute atomic E-state index is 0.152. The smallest absolute Gasteiger partial charge is 0.181 e. The molecule has 0 unspecified atom stereocenters. The Morgan fingerprint density at radius 2 is 0.613 bits per heavy atom. The van der Waals surface area contributed by atoms with E-state index in [1.54, 1.807) is 12.1 Å². The summed E-state index contributed by atoms with van der Waals surface area (Å²) in [4.78, 5) is 10.9. The van der Waals surface area contributed by atoms with Crippen LogP contribution in [0.25, 0.3) is 0 Å². The van der Waals surface area contributed by atoms with E-state index in [0.29, 0.717) is 31.6 Å². The Morgan fingerprint density at radius 3 is 0.938 bits per heavy atom. The maximum absolute atomic E-state index is 13.0. The minimum atomic E-state index is -3.23. The second-order valence-corrected chi connectivity index (χ2v) is 32.9. The van der Waals surface area contributed by atoms with Crippen molar-refractivity contribution in [3.05, 3.63) is 230 Å². The Kier molecular flexibility index (Phi) is 22.5. The van der Waals surface area contributed by atoms with Crippen molar-refractivity contribution in [3.63, 3.8) is 0 Å². The SMILES string of the molecule is Fc1ccc([S+]2CCOCC2)cc1.O=S(=O)(c1ccc([S+](c2ccccc2)c2ccccc2)cc1)C1CCCC1.O=S(=O)(c1ccc([S+](c2ccccc2)c2ccccc2)cc1)C1CCCCC1.c1ccc([S+]2CCOCC2)cc1. The Hall–Kier alpha value is -5.09. The molecule has 0 bridgehead atoms. The zero-order valence-corrected chi connectivity index (χ0v) is 50.2. The van der Waals surface area contributed by atoms with E-state index >= 15 is 0 Å². The number of hydrogen-bond acceptors (Lipinski definition) is 6. The predicted molar refractivity (Wildman–Crippen MR) is 332 cm³/mol. The van der Waals surface area contributed by atoms with Gasteiger partial charge in [0.2, 0.25) is 0 Å². The molecule has 12 rings (SSSR count). The van der Waals surface area contributed by atoms with Gasteiger partial charge in [0.1, 0.15) is 28.8 Å². The molecule has 8 aromatic carbocycles. The lowest BCUT2D eigenvalue weighted by Crippen LogP contribution is -2.26. The molecule has 8 aromatic rings. The van der Waals surface area contributed by atoms with Crippen molar-refractivity contribution in [1.82, 2.24) is 0 Å². The molecule has 416 valence electrons. The van der Waals surface area contributed by atoms with Crippen LogP contribution in [0.1, 0.15) is 57.8 Å². The van der Waals surface area contributed by atoms with Crippen molar-refractivity contribution in [2.24, 2.45) is 0 Å².